The van der Waals surface area contributed by atoms with E-state index >= 15 is 0 Å². The lowest BCUT2D eigenvalue weighted by atomic mass is 10.2. The number of ether oxygens (including phenoxy) is 1. The highest BCUT2D eigenvalue weighted by atomic mass is 79.9. The molecule has 2 aromatic carbocycles. The minimum atomic E-state index is -0.639. The Morgan fingerprint density at radius 2 is 1.64 bits per heavy atom. The van der Waals surface area contributed by atoms with E-state index in [1.165, 1.54) is 12.1 Å². The largest absolute Gasteiger partial charge is 0.445 e. The predicted octanol–water partition coefficient (Wildman–Crippen LogP) is 4.19. The second-order valence-corrected chi connectivity index (χ2v) is 6.53. The molecule has 1 heterocycles. The van der Waals surface area contributed by atoms with Crippen molar-refractivity contribution in [2.24, 2.45) is 0 Å². The zero-order valence-corrected chi connectivity index (χ0v) is 15.0. The van der Waals surface area contributed by atoms with Gasteiger partial charge in [-0.05, 0) is 33.6 Å². The first-order valence-electron chi connectivity index (χ1n) is 7.89. The maximum absolute atomic E-state index is 13.7. The molecule has 0 bridgehead atoms. The Morgan fingerprint density at radius 3 is 2.24 bits per heavy atom. The van der Waals surface area contributed by atoms with Crippen molar-refractivity contribution in [3.8, 4) is 0 Å². The van der Waals surface area contributed by atoms with E-state index in [2.05, 4.69) is 15.9 Å². The van der Waals surface area contributed by atoms with Gasteiger partial charge in [-0.1, -0.05) is 30.3 Å². The molecule has 1 aliphatic heterocycles. The van der Waals surface area contributed by atoms with Gasteiger partial charge in [0.05, 0.1) is 4.47 Å². The van der Waals surface area contributed by atoms with Gasteiger partial charge in [0.2, 0.25) is 0 Å². The van der Waals surface area contributed by atoms with Gasteiger partial charge in [-0.3, -0.25) is 0 Å². The molecule has 0 aliphatic carbocycles. The lowest BCUT2D eigenvalue weighted by molar-refractivity contribution is 0.0942. The van der Waals surface area contributed by atoms with E-state index in [1.54, 1.807) is 4.90 Å². The summed E-state index contributed by atoms with van der Waals surface area (Å²) in [5, 5.41) is 0. The molecule has 1 aliphatic rings. The quantitative estimate of drug-likeness (QED) is 0.711. The molecular weight excluding hydrogens is 394 g/mol. The summed E-state index contributed by atoms with van der Waals surface area (Å²) < 4.78 is 32.5. The van der Waals surface area contributed by atoms with E-state index < -0.39 is 11.6 Å². The zero-order chi connectivity index (χ0) is 17.8. The van der Waals surface area contributed by atoms with Crippen LogP contribution in [0.1, 0.15) is 5.56 Å². The smallest absolute Gasteiger partial charge is 0.410 e. The lowest BCUT2D eigenvalue weighted by Gasteiger charge is -2.35. The standard InChI is InChI=1S/C18H17BrF2N2O2/c19-17-15(20)10-14(11-16(17)21)22-6-8-23(9-7-22)18(24)25-12-13-4-2-1-3-5-13/h1-5,10-11H,6-9,12H2. The third-order valence-corrected chi connectivity index (χ3v) is 4.83. The Kier molecular flexibility index (Phi) is 5.53. The highest BCUT2D eigenvalue weighted by Crippen LogP contribution is 2.26. The van der Waals surface area contributed by atoms with Crippen molar-refractivity contribution >= 4 is 27.7 Å². The summed E-state index contributed by atoms with van der Waals surface area (Å²) in [4.78, 5) is 15.6. The molecule has 0 aromatic heterocycles. The molecule has 1 saturated heterocycles. The van der Waals surface area contributed by atoms with E-state index in [1.807, 2.05) is 35.2 Å². The van der Waals surface area contributed by atoms with Crippen molar-refractivity contribution in [1.29, 1.82) is 0 Å². The molecule has 3 rings (SSSR count). The molecule has 1 fully saturated rings. The number of carbonyl (C=O) groups is 1. The van der Waals surface area contributed by atoms with Crippen LogP contribution in [0.25, 0.3) is 0 Å². The van der Waals surface area contributed by atoms with E-state index in [-0.39, 0.29) is 17.2 Å². The Hall–Kier alpha value is -2.15. The molecular formula is C18H17BrF2N2O2. The first kappa shape index (κ1) is 17.7. The fourth-order valence-corrected chi connectivity index (χ4v) is 2.91. The van der Waals surface area contributed by atoms with Crippen LogP contribution in [0.3, 0.4) is 0 Å². The molecule has 0 spiro atoms. The first-order valence-corrected chi connectivity index (χ1v) is 8.69. The maximum atomic E-state index is 13.7. The van der Waals surface area contributed by atoms with E-state index in [4.69, 9.17) is 4.74 Å². The predicted molar refractivity (Wildman–Crippen MR) is 94.5 cm³/mol. The Bertz CT molecular complexity index is 727. The van der Waals surface area contributed by atoms with Crippen LogP contribution in [0.15, 0.2) is 46.9 Å². The van der Waals surface area contributed by atoms with Gasteiger partial charge in [0.25, 0.3) is 0 Å². The van der Waals surface area contributed by atoms with Crippen LogP contribution in [-0.4, -0.2) is 37.2 Å². The number of rotatable bonds is 3. The fourth-order valence-electron chi connectivity index (χ4n) is 2.68. The summed E-state index contributed by atoms with van der Waals surface area (Å²) in [6.45, 7) is 2.07. The monoisotopic (exact) mass is 410 g/mol. The van der Waals surface area contributed by atoms with Gasteiger partial charge in [0, 0.05) is 31.9 Å². The summed E-state index contributed by atoms with van der Waals surface area (Å²) in [7, 11) is 0. The van der Waals surface area contributed by atoms with Crippen LogP contribution in [0.5, 0.6) is 0 Å². The van der Waals surface area contributed by atoms with Crippen molar-refractivity contribution in [2.75, 3.05) is 31.1 Å². The number of nitrogens with zero attached hydrogens (tertiary/aromatic N) is 2. The van der Waals surface area contributed by atoms with E-state index in [0.717, 1.165) is 5.56 Å². The minimum absolute atomic E-state index is 0.167. The van der Waals surface area contributed by atoms with Crippen LogP contribution >= 0.6 is 15.9 Å². The minimum Gasteiger partial charge on any atom is -0.445 e. The Balaban J connectivity index is 1.54. The molecule has 0 unspecified atom stereocenters. The summed E-state index contributed by atoms with van der Waals surface area (Å²) >= 11 is 2.86. The summed E-state index contributed by atoms with van der Waals surface area (Å²) in [5.74, 6) is -1.28. The topological polar surface area (TPSA) is 32.8 Å². The van der Waals surface area contributed by atoms with Crippen LogP contribution in [0.4, 0.5) is 19.3 Å². The van der Waals surface area contributed by atoms with Crippen molar-refractivity contribution in [3.05, 3.63) is 64.1 Å². The van der Waals surface area contributed by atoms with Crippen molar-refractivity contribution in [3.63, 3.8) is 0 Å². The highest BCUT2D eigenvalue weighted by Gasteiger charge is 2.23. The molecule has 0 atom stereocenters. The van der Waals surface area contributed by atoms with Gasteiger partial charge in [0.15, 0.2) is 0 Å². The van der Waals surface area contributed by atoms with Gasteiger partial charge < -0.3 is 14.5 Å². The fraction of sp³-hybridized carbons (Fsp3) is 0.278. The average Bonchev–Trinajstić information content (AvgIpc) is 2.64. The SMILES string of the molecule is O=C(OCc1ccccc1)N1CCN(c2cc(F)c(Br)c(F)c2)CC1. The number of amides is 1. The first-order chi connectivity index (χ1) is 12.0. The second kappa shape index (κ2) is 7.82. The molecule has 4 nitrogen and oxygen atoms in total. The lowest BCUT2D eigenvalue weighted by Crippen LogP contribution is -2.49. The van der Waals surface area contributed by atoms with Gasteiger partial charge in [-0.2, -0.15) is 0 Å². The number of halogens is 3. The molecule has 0 saturated carbocycles. The molecule has 2 aromatic rings. The number of carbonyl (C=O) groups excluding carboxylic acids is 1. The molecule has 132 valence electrons. The Labute approximate surface area is 153 Å². The molecule has 0 radical (unpaired) electrons. The summed E-state index contributed by atoms with van der Waals surface area (Å²) in [6.07, 6.45) is -0.378. The van der Waals surface area contributed by atoms with Crippen molar-refractivity contribution < 1.29 is 18.3 Å². The summed E-state index contributed by atoms with van der Waals surface area (Å²) in [6, 6.07) is 12.0. The average molecular weight is 411 g/mol. The van der Waals surface area contributed by atoms with Crippen LogP contribution in [0, 0.1) is 11.6 Å². The number of hydrogen-bond acceptors (Lipinski definition) is 3. The van der Waals surface area contributed by atoms with E-state index in [0.29, 0.717) is 31.9 Å². The number of benzene rings is 2. The van der Waals surface area contributed by atoms with Gasteiger partial charge >= 0.3 is 6.09 Å². The van der Waals surface area contributed by atoms with Crippen LogP contribution < -0.4 is 4.90 Å². The summed E-state index contributed by atoms with van der Waals surface area (Å²) in [5.41, 5.74) is 1.39. The van der Waals surface area contributed by atoms with Crippen molar-refractivity contribution in [1.82, 2.24) is 4.90 Å². The highest BCUT2D eigenvalue weighted by molar-refractivity contribution is 9.10. The second-order valence-electron chi connectivity index (χ2n) is 5.74. The number of anilines is 1. The normalized spacial score (nSPS) is 14.5. The van der Waals surface area contributed by atoms with Crippen LogP contribution in [-0.2, 0) is 11.3 Å². The Morgan fingerprint density at radius 1 is 1.04 bits per heavy atom. The molecule has 0 N–H and O–H groups in total. The third-order valence-electron chi connectivity index (χ3n) is 4.08. The van der Waals surface area contributed by atoms with Gasteiger partial charge in [-0.15, -0.1) is 0 Å². The van der Waals surface area contributed by atoms with E-state index in [9.17, 15) is 13.6 Å². The molecule has 1 amide bonds. The number of piperazine rings is 1. The van der Waals surface area contributed by atoms with Crippen molar-refractivity contribution in [2.45, 2.75) is 6.61 Å². The van der Waals surface area contributed by atoms with Crippen LogP contribution in [0.2, 0.25) is 0 Å². The van der Waals surface area contributed by atoms with Gasteiger partial charge in [-0.25, -0.2) is 13.6 Å². The van der Waals surface area contributed by atoms with Gasteiger partial charge in [0.1, 0.15) is 18.2 Å². The zero-order valence-electron chi connectivity index (χ0n) is 13.4. The number of hydrogen-bond donors (Lipinski definition) is 0. The molecule has 7 heteroatoms. The third kappa shape index (κ3) is 4.28. The maximum Gasteiger partial charge on any atom is 0.410 e. The molecule has 25 heavy (non-hydrogen) atoms.